The molecule has 3 N–H and O–H groups in total. The second-order valence-electron chi connectivity index (χ2n) is 4.04. The number of carbonyl (C=O) groups is 1. The number of anilines is 2. The number of ether oxygens (including phenoxy) is 1. The summed E-state index contributed by atoms with van der Waals surface area (Å²) in [5.74, 6) is -0.826. The van der Waals surface area contributed by atoms with E-state index in [0.717, 1.165) is 6.07 Å². The standard InChI is InChI=1S/C14H12BrFN2O2/c1-20-9-3-4-10(12(16)7-9)14(19)18-8-2-5-13(17)11(15)6-8/h2-7H,17H2,1H3,(H,18,19). The van der Waals surface area contributed by atoms with Gasteiger partial charge in [0.05, 0.1) is 12.7 Å². The Morgan fingerprint density at radius 1 is 1.30 bits per heavy atom. The van der Waals surface area contributed by atoms with Crippen molar-refractivity contribution in [1.82, 2.24) is 0 Å². The third kappa shape index (κ3) is 3.08. The summed E-state index contributed by atoms with van der Waals surface area (Å²) in [4.78, 5) is 12.0. The number of halogens is 2. The fourth-order valence-corrected chi connectivity index (χ4v) is 1.99. The average molecular weight is 339 g/mol. The molecule has 0 aromatic heterocycles. The van der Waals surface area contributed by atoms with Crippen LogP contribution in [0, 0.1) is 5.82 Å². The van der Waals surface area contributed by atoms with Crippen molar-refractivity contribution in [2.75, 3.05) is 18.2 Å². The van der Waals surface area contributed by atoms with E-state index in [2.05, 4.69) is 21.2 Å². The highest BCUT2D eigenvalue weighted by atomic mass is 79.9. The normalized spacial score (nSPS) is 10.2. The molecule has 0 aliphatic heterocycles. The van der Waals surface area contributed by atoms with Crippen LogP contribution in [-0.4, -0.2) is 13.0 Å². The lowest BCUT2D eigenvalue weighted by Gasteiger charge is -2.08. The van der Waals surface area contributed by atoms with E-state index in [1.54, 1.807) is 18.2 Å². The van der Waals surface area contributed by atoms with E-state index >= 15 is 0 Å². The Kier molecular flexibility index (Phi) is 4.24. The van der Waals surface area contributed by atoms with Gasteiger partial charge in [-0.15, -0.1) is 0 Å². The summed E-state index contributed by atoms with van der Waals surface area (Å²) in [5.41, 5.74) is 6.67. The Morgan fingerprint density at radius 3 is 2.65 bits per heavy atom. The van der Waals surface area contributed by atoms with E-state index in [4.69, 9.17) is 10.5 Å². The van der Waals surface area contributed by atoms with Crippen LogP contribution in [0.3, 0.4) is 0 Å². The smallest absolute Gasteiger partial charge is 0.258 e. The van der Waals surface area contributed by atoms with Crippen LogP contribution in [0.2, 0.25) is 0 Å². The Morgan fingerprint density at radius 2 is 2.05 bits per heavy atom. The van der Waals surface area contributed by atoms with Crippen molar-refractivity contribution in [1.29, 1.82) is 0 Å². The molecule has 0 radical (unpaired) electrons. The van der Waals surface area contributed by atoms with Crippen LogP contribution in [0.5, 0.6) is 5.75 Å². The zero-order chi connectivity index (χ0) is 14.7. The molecule has 4 nitrogen and oxygen atoms in total. The highest BCUT2D eigenvalue weighted by Crippen LogP contribution is 2.24. The Bertz CT molecular complexity index is 662. The Labute approximate surface area is 123 Å². The molecule has 0 aliphatic carbocycles. The van der Waals surface area contributed by atoms with Gasteiger partial charge in [0.1, 0.15) is 11.6 Å². The lowest BCUT2D eigenvalue weighted by molar-refractivity contribution is 0.102. The van der Waals surface area contributed by atoms with Gasteiger partial charge in [0.15, 0.2) is 0 Å². The van der Waals surface area contributed by atoms with Gasteiger partial charge in [-0.3, -0.25) is 4.79 Å². The van der Waals surface area contributed by atoms with Crippen LogP contribution in [0.15, 0.2) is 40.9 Å². The first kappa shape index (κ1) is 14.3. The minimum atomic E-state index is -0.642. The molecule has 2 aromatic rings. The SMILES string of the molecule is COc1ccc(C(=O)Nc2ccc(N)c(Br)c2)c(F)c1. The highest BCUT2D eigenvalue weighted by molar-refractivity contribution is 9.10. The topological polar surface area (TPSA) is 64.3 Å². The molecular formula is C14H12BrFN2O2. The number of hydrogen-bond acceptors (Lipinski definition) is 3. The molecule has 0 atom stereocenters. The van der Waals surface area contributed by atoms with E-state index in [1.807, 2.05) is 0 Å². The first-order chi connectivity index (χ1) is 9.51. The second-order valence-corrected chi connectivity index (χ2v) is 4.89. The number of nitrogens with two attached hydrogens (primary N) is 1. The fraction of sp³-hybridized carbons (Fsp3) is 0.0714. The van der Waals surface area contributed by atoms with Gasteiger partial charge in [-0.1, -0.05) is 0 Å². The lowest BCUT2D eigenvalue weighted by Crippen LogP contribution is -2.13. The zero-order valence-electron chi connectivity index (χ0n) is 10.6. The van der Waals surface area contributed by atoms with Gasteiger partial charge >= 0.3 is 0 Å². The minimum absolute atomic E-state index is 0.0567. The second kappa shape index (κ2) is 5.92. The van der Waals surface area contributed by atoms with E-state index < -0.39 is 11.7 Å². The molecule has 0 fully saturated rings. The van der Waals surface area contributed by atoms with Crippen molar-refractivity contribution in [3.63, 3.8) is 0 Å². The van der Waals surface area contributed by atoms with Gasteiger partial charge < -0.3 is 15.8 Å². The number of carbonyl (C=O) groups excluding carboxylic acids is 1. The molecule has 0 bridgehead atoms. The van der Waals surface area contributed by atoms with Crippen molar-refractivity contribution in [2.24, 2.45) is 0 Å². The van der Waals surface area contributed by atoms with Gasteiger partial charge in [0, 0.05) is 21.9 Å². The molecule has 1 amide bonds. The third-order valence-electron chi connectivity index (χ3n) is 2.68. The van der Waals surface area contributed by atoms with Crippen LogP contribution < -0.4 is 15.8 Å². The highest BCUT2D eigenvalue weighted by Gasteiger charge is 2.13. The summed E-state index contributed by atoms with van der Waals surface area (Å²) in [6, 6.07) is 8.98. The van der Waals surface area contributed by atoms with Crippen molar-refractivity contribution in [2.45, 2.75) is 0 Å². The predicted octanol–water partition coefficient (Wildman–Crippen LogP) is 3.43. The third-order valence-corrected chi connectivity index (χ3v) is 3.37. The monoisotopic (exact) mass is 338 g/mol. The van der Waals surface area contributed by atoms with Crippen LogP contribution in [0.25, 0.3) is 0 Å². The van der Waals surface area contributed by atoms with Gasteiger partial charge in [-0.05, 0) is 46.3 Å². The van der Waals surface area contributed by atoms with Gasteiger partial charge in [0.25, 0.3) is 5.91 Å². The molecule has 0 heterocycles. The molecule has 6 heteroatoms. The average Bonchev–Trinajstić information content (AvgIpc) is 2.42. The van der Waals surface area contributed by atoms with E-state index in [9.17, 15) is 9.18 Å². The van der Waals surface area contributed by atoms with Crippen molar-refractivity contribution >= 4 is 33.2 Å². The fourth-order valence-electron chi connectivity index (χ4n) is 1.61. The summed E-state index contributed by atoms with van der Waals surface area (Å²) >= 11 is 3.26. The van der Waals surface area contributed by atoms with Crippen molar-refractivity contribution in [3.05, 3.63) is 52.3 Å². The molecule has 0 saturated carbocycles. The number of methoxy groups -OCH3 is 1. The number of hydrogen-bond donors (Lipinski definition) is 2. The molecule has 0 aliphatic rings. The number of amides is 1. The minimum Gasteiger partial charge on any atom is -0.497 e. The maximum Gasteiger partial charge on any atom is 0.258 e. The molecular weight excluding hydrogens is 327 g/mol. The summed E-state index contributed by atoms with van der Waals surface area (Å²) in [6.07, 6.45) is 0. The Balaban J connectivity index is 2.21. The van der Waals surface area contributed by atoms with Crippen molar-refractivity contribution < 1.29 is 13.9 Å². The van der Waals surface area contributed by atoms with Crippen LogP contribution in [0.1, 0.15) is 10.4 Å². The number of rotatable bonds is 3. The number of benzene rings is 2. The molecule has 2 aromatic carbocycles. The van der Waals surface area contributed by atoms with Crippen molar-refractivity contribution in [3.8, 4) is 5.75 Å². The quantitative estimate of drug-likeness (QED) is 0.842. The summed E-state index contributed by atoms with van der Waals surface area (Å²) in [7, 11) is 1.43. The molecule has 104 valence electrons. The summed E-state index contributed by atoms with van der Waals surface area (Å²) in [6.45, 7) is 0. The van der Waals surface area contributed by atoms with Crippen LogP contribution in [-0.2, 0) is 0 Å². The number of nitrogen functional groups attached to an aromatic ring is 1. The molecule has 0 spiro atoms. The van der Waals surface area contributed by atoms with Gasteiger partial charge in [0.2, 0.25) is 0 Å². The van der Waals surface area contributed by atoms with Gasteiger partial charge in [-0.25, -0.2) is 4.39 Å². The first-order valence-corrected chi connectivity index (χ1v) is 6.50. The molecule has 0 saturated heterocycles. The summed E-state index contributed by atoms with van der Waals surface area (Å²) in [5, 5.41) is 2.60. The molecule has 0 unspecified atom stereocenters. The largest absolute Gasteiger partial charge is 0.497 e. The maximum atomic E-state index is 13.8. The van der Waals surface area contributed by atoms with Gasteiger partial charge in [-0.2, -0.15) is 0 Å². The van der Waals surface area contributed by atoms with Crippen LogP contribution in [0.4, 0.5) is 15.8 Å². The molecule has 20 heavy (non-hydrogen) atoms. The zero-order valence-corrected chi connectivity index (χ0v) is 12.2. The predicted molar refractivity (Wildman–Crippen MR) is 79.5 cm³/mol. The van der Waals surface area contributed by atoms with E-state index in [1.165, 1.54) is 19.2 Å². The first-order valence-electron chi connectivity index (χ1n) is 5.71. The number of nitrogens with one attached hydrogen (secondary N) is 1. The summed E-state index contributed by atoms with van der Waals surface area (Å²) < 4.78 is 19.3. The lowest BCUT2D eigenvalue weighted by atomic mass is 10.2. The van der Waals surface area contributed by atoms with E-state index in [-0.39, 0.29) is 5.56 Å². The molecule has 2 rings (SSSR count). The van der Waals surface area contributed by atoms with E-state index in [0.29, 0.717) is 21.6 Å². The Hall–Kier alpha value is -2.08. The van der Waals surface area contributed by atoms with Crippen LogP contribution >= 0.6 is 15.9 Å². The maximum absolute atomic E-state index is 13.8.